The van der Waals surface area contributed by atoms with Crippen LogP contribution in [0.25, 0.3) is 0 Å². The number of piperidine rings is 1. The molecular formula is C20H24N2O2. The molecule has 2 N–H and O–H groups in total. The minimum atomic E-state index is -0.0804. The highest BCUT2D eigenvalue weighted by Crippen LogP contribution is 2.29. The molecular weight excluding hydrogens is 300 g/mol. The Morgan fingerprint density at radius 1 is 1.08 bits per heavy atom. The molecule has 0 bridgehead atoms. The Balaban J connectivity index is 1.69. The molecule has 0 radical (unpaired) electrons. The van der Waals surface area contributed by atoms with Crippen molar-refractivity contribution in [3.8, 4) is 5.75 Å². The number of nitrogens with one attached hydrogen (secondary N) is 2. The van der Waals surface area contributed by atoms with Gasteiger partial charge in [0.25, 0.3) is 0 Å². The summed E-state index contributed by atoms with van der Waals surface area (Å²) in [6.45, 7) is 3.82. The number of hydrogen-bond acceptors (Lipinski definition) is 3. The van der Waals surface area contributed by atoms with E-state index in [4.69, 9.17) is 4.74 Å². The Labute approximate surface area is 143 Å². The Bertz CT molecular complexity index is 666. The van der Waals surface area contributed by atoms with Crippen molar-refractivity contribution in [2.45, 2.75) is 25.9 Å². The van der Waals surface area contributed by atoms with Crippen LogP contribution in [0.15, 0.2) is 54.6 Å². The van der Waals surface area contributed by atoms with Crippen LogP contribution in [-0.4, -0.2) is 19.0 Å². The van der Waals surface area contributed by atoms with Gasteiger partial charge in [-0.15, -0.1) is 0 Å². The minimum Gasteiger partial charge on any atom is -0.484 e. The summed E-state index contributed by atoms with van der Waals surface area (Å²) in [6.07, 6.45) is 1.69. The van der Waals surface area contributed by atoms with E-state index in [2.05, 4.69) is 10.6 Å². The van der Waals surface area contributed by atoms with Crippen molar-refractivity contribution >= 4 is 11.6 Å². The van der Waals surface area contributed by atoms with Crippen LogP contribution >= 0.6 is 0 Å². The maximum absolute atomic E-state index is 12.5. The molecule has 0 aliphatic carbocycles. The molecule has 4 nitrogen and oxygen atoms in total. The molecule has 0 saturated carbocycles. The molecule has 1 aliphatic rings. The van der Waals surface area contributed by atoms with E-state index in [1.54, 1.807) is 0 Å². The number of carbonyl (C=O) groups is 1. The highest BCUT2D eigenvalue weighted by molar-refractivity contribution is 5.94. The molecule has 1 saturated heterocycles. The van der Waals surface area contributed by atoms with Gasteiger partial charge in [0.05, 0.1) is 5.69 Å². The predicted octanol–water partition coefficient (Wildman–Crippen LogP) is 3.76. The Morgan fingerprint density at radius 2 is 1.75 bits per heavy atom. The van der Waals surface area contributed by atoms with Gasteiger partial charge >= 0.3 is 0 Å². The quantitative estimate of drug-likeness (QED) is 0.880. The molecule has 1 fully saturated rings. The SMILES string of the molecule is CC(Oc1ccccc1NC(=O)C1CCNCC1)c1ccccc1. The first-order chi connectivity index (χ1) is 11.7. The van der Waals surface area contributed by atoms with Gasteiger partial charge in [0, 0.05) is 5.92 Å². The number of hydrogen-bond donors (Lipinski definition) is 2. The molecule has 1 atom stereocenters. The molecule has 3 rings (SSSR count). The average molecular weight is 324 g/mol. The number of rotatable bonds is 5. The molecule has 24 heavy (non-hydrogen) atoms. The summed E-state index contributed by atoms with van der Waals surface area (Å²) in [5.74, 6) is 0.863. The number of carbonyl (C=O) groups excluding carboxylic acids is 1. The number of anilines is 1. The maximum atomic E-state index is 12.5. The molecule has 126 valence electrons. The predicted molar refractivity (Wildman–Crippen MR) is 96.2 cm³/mol. The van der Waals surface area contributed by atoms with Crippen LogP contribution in [0, 0.1) is 5.92 Å². The molecule has 1 unspecified atom stereocenters. The van der Waals surface area contributed by atoms with Crippen LogP contribution in [0.3, 0.4) is 0 Å². The van der Waals surface area contributed by atoms with E-state index in [0.717, 1.165) is 37.2 Å². The number of benzene rings is 2. The van der Waals surface area contributed by atoms with Crippen molar-refractivity contribution < 1.29 is 9.53 Å². The smallest absolute Gasteiger partial charge is 0.227 e. The van der Waals surface area contributed by atoms with Crippen LogP contribution in [0.1, 0.15) is 31.4 Å². The lowest BCUT2D eigenvalue weighted by molar-refractivity contribution is -0.120. The fraction of sp³-hybridized carbons (Fsp3) is 0.350. The molecule has 0 spiro atoms. The summed E-state index contributed by atoms with van der Waals surface area (Å²) in [4.78, 5) is 12.5. The molecule has 1 aliphatic heterocycles. The van der Waals surface area contributed by atoms with E-state index in [1.165, 1.54) is 0 Å². The molecule has 2 aromatic carbocycles. The molecule has 1 amide bonds. The van der Waals surface area contributed by atoms with Crippen molar-refractivity contribution in [2.75, 3.05) is 18.4 Å². The van der Waals surface area contributed by atoms with Crippen molar-refractivity contribution in [1.82, 2.24) is 5.32 Å². The number of amides is 1. The van der Waals surface area contributed by atoms with Gasteiger partial charge in [0.15, 0.2) is 0 Å². The summed E-state index contributed by atoms with van der Waals surface area (Å²) in [6, 6.07) is 17.7. The third-order valence-corrected chi connectivity index (χ3v) is 4.43. The van der Waals surface area contributed by atoms with Crippen LogP contribution in [0.2, 0.25) is 0 Å². The third kappa shape index (κ3) is 4.15. The first kappa shape index (κ1) is 16.5. The maximum Gasteiger partial charge on any atom is 0.227 e. The second-order valence-electron chi connectivity index (χ2n) is 6.18. The fourth-order valence-corrected chi connectivity index (χ4v) is 2.97. The topological polar surface area (TPSA) is 50.4 Å². The summed E-state index contributed by atoms with van der Waals surface area (Å²) in [5, 5.41) is 6.33. The molecule has 1 heterocycles. The van der Waals surface area contributed by atoms with Gasteiger partial charge in [0.2, 0.25) is 5.91 Å². The van der Waals surface area contributed by atoms with Gasteiger partial charge in [-0.1, -0.05) is 42.5 Å². The van der Waals surface area contributed by atoms with Crippen molar-refractivity contribution in [1.29, 1.82) is 0 Å². The first-order valence-electron chi connectivity index (χ1n) is 8.56. The third-order valence-electron chi connectivity index (χ3n) is 4.43. The van der Waals surface area contributed by atoms with E-state index >= 15 is 0 Å². The van der Waals surface area contributed by atoms with Gasteiger partial charge in [-0.25, -0.2) is 0 Å². The zero-order chi connectivity index (χ0) is 16.8. The zero-order valence-electron chi connectivity index (χ0n) is 14.0. The lowest BCUT2D eigenvalue weighted by Gasteiger charge is -2.23. The monoisotopic (exact) mass is 324 g/mol. The van der Waals surface area contributed by atoms with Gasteiger partial charge in [0.1, 0.15) is 11.9 Å². The zero-order valence-corrected chi connectivity index (χ0v) is 14.0. The average Bonchev–Trinajstić information content (AvgIpc) is 2.64. The Kier molecular flexibility index (Phi) is 5.49. The number of para-hydroxylation sites is 2. The Morgan fingerprint density at radius 3 is 2.50 bits per heavy atom. The largest absolute Gasteiger partial charge is 0.484 e. The van der Waals surface area contributed by atoms with E-state index < -0.39 is 0 Å². The molecule has 2 aromatic rings. The summed E-state index contributed by atoms with van der Waals surface area (Å²) >= 11 is 0. The van der Waals surface area contributed by atoms with Crippen LogP contribution < -0.4 is 15.4 Å². The highest BCUT2D eigenvalue weighted by Gasteiger charge is 2.22. The number of ether oxygens (including phenoxy) is 1. The lowest BCUT2D eigenvalue weighted by atomic mass is 9.97. The van der Waals surface area contributed by atoms with E-state index in [9.17, 15) is 4.79 Å². The van der Waals surface area contributed by atoms with E-state index in [-0.39, 0.29) is 17.9 Å². The van der Waals surface area contributed by atoms with Gasteiger partial charge in [-0.05, 0) is 50.6 Å². The van der Waals surface area contributed by atoms with Crippen LogP contribution in [-0.2, 0) is 4.79 Å². The molecule has 4 heteroatoms. The van der Waals surface area contributed by atoms with E-state index in [1.807, 2.05) is 61.5 Å². The fourth-order valence-electron chi connectivity index (χ4n) is 2.97. The molecule has 0 aromatic heterocycles. The normalized spacial score (nSPS) is 16.4. The van der Waals surface area contributed by atoms with Gasteiger partial charge in [-0.3, -0.25) is 4.79 Å². The van der Waals surface area contributed by atoms with Crippen LogP contribution in [0.4, 0.5) is 5.69 Å². The second kappa shape index (κ2) is 7.97. The van der Waals surface area contributed by atoms with Crippen molar-refractivity contribution in [2.24, 2.45) is 5.92 Å². The summed E-state index contributed by atoms with van der Waals surface area (Å²) in [7, 11) is 0. The van der Waals surface area contributed by atoms with E-state index in [0.29, 0.717) is 5.75 Å². The summed E-state index contributed by atoms with van der Waals surface area (Å²) in [5.41, 5.74) is 1.85. The minimum absolute atomic E-state index is 0.0749. The summed E-state index contributed by atoms with van der Waals surface area (Å²) < 4.78 is 6.09. The highest BCUT2D eigenvalue weighted by atomic mass is 16.5. The van der Waals surface area contributed by atoms with Crippen LogP contribution in [0.5, 0.6) is 5.75 Å². The second-order valence-corrected chi connectivity index (χ2v) is 6.18. The van der Waals surface area contributed by atoms with Crippen molar-refractivity contribution in [3.05, 3.63) is 60.2 Å². The van der Waals surface area contributed by atoms with Gasteiger partial charge < -0.3 is 15.4 Å². The Hall–Kier alpha value is -2.33. The van der Waals surface area contributed by atoms with Gasteiger partial charge in [-0.2, -0.15) is 0 Å². The lowest BCUT2D eigenvalue weighted by Crippen LogP contribution is -2.34. The standard InChI is InChI=1S/C20H24N2O2/c1-15(16-7-3-2-4-8-16)24-19-10-6-5-9-18(19)22-20(23)17-11-13-21-14-12-17/h2-10,15,17,21H,11-14H2,1H3,(H,22,23). The first-order valence-corrected chi connectivity index (χ1v) is 8.56. The van der Waals surface area contributed by atoms with Crippen molar-refractivity contribution in [3.63, 3.8) is 0 Å².